The lowest BCUT2D eigenvalue weighted by Gasteiger charge is -2.11. The van der Waals surface area contributed by atoms with Crippen LogP contribution in [0.1, 0.15) is 25.0 Å². The Morgan fingerprint density at radius 2 is 2.12 bits per heavy atom. The Kier molecular flexibility index (Phi) is 4.57. The molecule has 0 fully saturated rings. The number of benzene rings is 1. The summed E-state index contributed by atoms with van der Waals surface area (Å²) in [6, 6.07) is 8.08. The SMILES string of the molecule is C#C/C=C(\C(C)=C/C)c1ccccc1CN. The van der Waals surface area contributed by atoms with Gasteiger partial charge >= 0.3 is 0 Å². The van der Waals surface area contributed by atoms with E-state index in [1.54, 1.807) is 6.08 Å². The Bertz CT molecular complexity index is 459. The van der Waals surface area contributed by atoms with E-state index in [-0.39, 0.29) is 0 Å². The lowest BCUT2D eigenvalue weighted by Crippen LogP contribution is -2.01. The second-order valence-corrected chi connectivity index (χ2v) is 3.56. The molecule has 0 atom stereocenters. The molecule has 1 aromatic carbocycles. The van der Waals surface area contributed by atoms with Crippen LogP contribution in [0.25, 0.3) is 5.57 Å². The van der Waals surface area contributed by atoms with Crippen LogP contribution >= 0.6 is 0 Å². The quantitative estimate of drug-likeness (QED) is 0.603. The fourth-order valence-electron chi connectivity index (χ4n) is 1.60. The summed E-state index contributed by atoms with van der Waals surface area (Å²) in [7, 11) is 0. The summed E-state index contributed by atoms with van der Waals surface area (Å²) < 4.78 is 0. The van der Waals surface area contributed by atoms with Gasteiger partial charge in [-0.15, -0.1) is 6.42 Å². The molecule has 0 unspecified atom stereocenters. The van der Waals surface area contributed by atoms with Crippen LogP contribution in [-0.4, -0.2) is 0 Å². The van der Waals surface area contributed by atoms with Crippen molar-refractivity contribution in [1.82, 2.24) is 0 Å². The summed E-state index contributed by atoms with van der Waals surface area (Å²) in [6.45, 7) is 4.58. The topological polar surface area (TPSA) is 26.0 Å². The number of allylic oxidation sites excluding steroid dienone is 4. The van der Waals surface area contributed by atoms with E-state index in [1.165, 1.54) is 5.57 Å². The van der Waals surface area contributed by atoms with Gasteiger partial charge in [0.1, 0.15) is 0 Å². The molecule has 0 saturated carbocycles. The van der Waals surface area contributed by atoms with Crippen LogP contribution < -0.4 is 5.73 Å². The molecule has 0 aromatic heterocycles. The smallest absolute Gasteiger partial charge is 0.0184 e. The monoisotopic (exact) mass is 211 g/mol. The molecule has 16 heavy (non-hydrogen) atoms. The van der Waals surface area contributed by atoms with Crippen molar-refractivity contribution < 1.29 is 0 Å². The standard InChI is InChI=1S/C15H17N/c1-4-8-14(12(3)5-2)15-10-7-6-9-13(15)11-16/h1,5-10H,11,16H2,2-3H3/b12-5-,14-8+. The van der Waals surface area contributed by atoms with E-state index in [1.807, 2.05) is 25.1 Å². The van der Waals surface area contributed by atoms with E-state index in [9.17, 15) is 0 Å². The average molecular weight is 211 g/mol. The van der Waals surface area contributed by atoms with Crippen LogP contribution in [0.15, 0.2) is 42.0 Å². The highest BCUT2D eigenvalue weighted by molar-refractivity contribution is 5.81. The molecule has 0 heterocycles. The fourth-order valence-corrected chi connectivity index (χ4v) is 1.60. The predicted octanol–water partition coefficient (Wildman–Crippen LogP) is 3.13. The summed E-state index contributed by atoms with van der Waals surface area (Å²) in [5.41, 5.74) is 10.2. The molecule has 1 rings (SSSR count). The first kappa shape index (κ1) is 12.3. The largest absolute Gasteiger partial charge is 0.326 e. The number of hydrogen-bond acceptors (Lipinski definition) is 1. The molecule has 1 nitrogen and oxygen atoms in total. The van der Waals surface area contributed by atoms with Gasteiger partial charge in [0, 0.05) is 6.54 Å². The van der Waals surface area contributed by atoms with Gasteiger partial charge in [0.15, 0.2) is 0 Å². The van der Waals surface area contributed by atoms with Crippen LogP contribution in [0.3, 0.4) is 0 Å². The third kappa shape index (κ3) is 2.62. The van der Waals surface area contributed by atoms with Crippen molar-refractivity contribution in [1.29, 1.82) is 0 Å². The molecule has 0 saturated heterocycles. The molecule has 0 spiro atoms. The van der Waals surface area contributed by atoms with Crippen LogP contribution in [0.5, 0.6) is 0 Å². The highest BCUT2D eigenvalue weighted by Crippen LogP contribution is 2.25. The number of terminal acetylenes is 1. The fraction of sp³-hybridized carbons (Fsp3) is 0.200. The first-order valence-electron chi connectivity index (χ1n) is 5.32. The lowest BCUT2D eigenvalue weighted by molar-refractivity contribution is 1.06. The molecule has 0 bridgehead atoms. The minimum Gasteiger partial charge on any atom is -0.326 e. The molecule has 82 valence electrons. The molecular formula is C15H17N. The molecule has 0 aliphatic heterocycles. The third-order valence-electron chi connectivity index (χ3n) is 2.61. The van der Waals surface area contributed by atoms with E-state index >= 15 is 0 Å². The summed E-state index contributed by atoms with van der Waals surface area (Å²) in [4.78, 5) is 0. The highest BCUT2D eigenvalue weighted by atomic mass is 14.5. The van der Waals surface area contributed by atoms with E-state index in [0.717, 1.165) is 16.7 Å². The van der Waals surface area contributed by atoms with Crippen molar-refractivity contribution in [3.8, 4) is 12.3 Å². The van der Waals surface area contributed by atoms with Crippen LogP contribution in [0.4, 0.5) is 0 Å². The van der Waals surface area contributed by atoms with Crippen molar-refractivity contribution in [3.05, 3.63) is 53.1 Å². The predicted molar refractivity (Wildman–Crippen MR) is 70.6 cm³/mol. The molecule has 0 amide bonds. The second-order valence-electron chi connectivity index (χ2n) is 3.56. The van der Waals surface area contributed by atoms with Crippen LogP contribution in [-0.2, 0) is 6.54 Å². The van der Waals surface area contributed by atoms with Gasteiger partial charge in [0.05, 0.1) is 0 Å². The molecule has 1 aromatic rings. The van der Waals surface area contributed by atoms with Gasteiger partial charge in [0.25, 0.3) is 0 Å². The zero-order chi connectivity index (χ0) is 12.0. The van der Waals surface area contributed by atoms with Gasteiger partial charge in [-0.2, -0.15) is 0 Å². The van der Waals surface area contributed by atoms with Crippen LogP contribution in [0, 0.1) is 12.3 Å². The zero-order valence-corrected chi connectivity index (χ0v) is 9.83. The Labute approximate surface area is 97.7 Å². The van der Waals surface area contributed by atoms with E-state index in [4.69, 9.17) is 12.2 Å². The molecular weight excluding hydrogens is 194 g/mol. The van der Waals surface area contributed by atoms with Crippen molar-refractivity contribution in [3.63, 3.8) is 0 Å². The van der Waals surface area contributed by atoms with Crippen molar-refractivity contribution in [2.24, 2.45) is 5.73 Å². The van der Waals surface area contributed by atoms with Gasteiger partial charge in [-0.25, -0.2) is 0 Å². The normalized spacial score (nSPS) is 12.4. The van der Waals surface area contributed by atoms with Gasteiger partial charge < -0.3 is 5.73 Å². The lowest BCUT2D eigenvalue weighted by atomic mass is 9.94. The Morgan fingerprint density at radius 1 is 1.44 bits per heavy atom. The summed E-state index contributed by atoms with van der Waals surface area (Å²) in [5.74, 6) is 2.59. The highest BCUT2D eigenvalue weighted by Gasteiger charge is 2.06. The maximum Gasteiger partial charge on any atom is 0.0184 e. The van der Waals surface area contributed by atoms with E-state index < -0.39 is 0 Å². The summed E-state index contributed by atoms with van der Waals surface area (Å²) in [6.07, 6.45) is 9.21. The summed E-state index contributed by atoms with van der Waals surface area (Å²) in [5, 5.41) is 0. The molecule has 0 radical (unpaired) electrons. The van der Waals surface area contributed by atoms with Crippen LogP contribution in [0.2, 0.25) is 0 Å². The second kappa shape index (κ2) is 5.95. The first-order chi connectivity index (χ1) is 7.74. The molecule has 2 N–H and O–H groups in total. The zero-order valence-electron chi connectivity index (χ0n) is 9.83. The maximum atomic E-state index is 5.73. The van der Waals surface area contributed by atoms with Crippen molar-refractivity contribution >= 4 is 5.57 Å². The van der Waals surface area contributed by atoms with E-state index in [2.05, 4.69) is 25.0 Å². The van der Waals surface area contributed by atoms with Gasteiger partial charge in [-0.05, 0) is 42.2 Å². The third-order valence-corrected chi connectivity index (χ3v) is 2.61. The Balaban J connectivity index is 3.34. The van der Waals surface area contributed by atoms with Gasteiger partial charge in [-0.1, -0.05) is 36.3 Å². The minimum absolute atomic E-state index is 0.523. The Hall–Kier alpha value is -1.78. The van der Waals surface area contributed by atoms with E-state index in [0.29, 0.717) is 6.54 Å². The van der Waals surface area contributed by atoms with Crippen molar-refractivity contribution in [2.75, 3.05) is 0 Å². The summed E-state index contributed by atoms with van der Waals surface area (Å²) >= 11 is 0. The van der Waals surface area contributed by atoms with Gasteiger partial charge in [0.2, 0.25) is 0 Å². The first-order valence-corrected chi connectivity index (χ1v) is 5.32. The number of nitrogens with two attached hydrogens (primary N) is 1. The average Bonchev–Trinajstić information content (AvgIpc) is 2.35. The maximum absolute atomic E-state index is 5.73. The van der Waals surface area contributed by atoms with Crippen molar-refractivity contribution in [2.45, 2.75) is 20.4 Å². The molecule has 1 heteroatoms. The number of rotatable bonds is 3. The number of hydrogen-bond donors (Lipinski definition) is 1. The molecule has 0 aliphatic carbocycles. The minimum atomic E-state index is 0.523. The molecule has 0 aliphatic rings. The van der Waals surface area contributed by atoms with Gasteiger partial charge in [-0.3, -0.25) is 0 Å². The Morgan fingerprint density at radius 3 is 2.69 bits per heavy atom.